The van der Waals surface area contributed by atoms with E-state index in [1.54, 1.807) is 0 Å². The number of Topliss-reactive ketones (excluding diaryl/α,β-unsaturated/α-hetero) is 1. The van der Waals surface area contributed by atoms with Crippen LogP contribution in [0, 0.1) is 0 Å². The molecule has 0 heterocycles. The fraction of sp³-hybridized carbons (Fsp3) is 0.500. The zero-order valence-corrected chi connectivity index (χ0v) is 10.2. The number of carbonyl (C=O) groups excluding carboxylic acids is 1. The minimum atomic E-state index is -0.234. The summed E-state index contributed by atoms with van der Waals surface area (Å²) in [6, 6.07) is 10.1. The molecule has 0 aromatic heterocycles. The first-order valence-corrected chi connectivity index (χ1v) is 5.82. The average Bonchev–Trinajstić information content (AvgIpc) is 2.24. The van der Waals surface area contributed by atoms with E-state index in [1.807, 2.05) is 32.0 Å². The molecule has 0 radical (unpaired) electrons. The minimum Gasteiger partial charge on any atom is -0.326 e. The zero-order chi connectivity index (χ0) is 12.0. The fourth-order valence-electron chi connectivity index (χ4n) is 1.52. The molecule has 1 rings (SSSR count). The Balaban J connectivity index is 2.26. The van der Waals surface area contributed by atoms with Crippen LogP contribution in [-0.4, -0.2) is 11.3 Å². The van der Waals surface area contributed by atoms with Crippen molar-refractivity contribution in [3.05, 3.63) is 35.9 Å². The molecule has 0 unspecified atom stereocenters. The van der Waals surface area contributed by atoms with E-state index in [4.69, 9.17) is 5.73 Å². The van der Waals surface area contributed by atoms with E-state index in [9.17, 15) is 4.79 Å². The van der Waals surface area contributed by atoms with E-state index in [0.29, 0.717) is 18.6 Å². The lowest BCUT2D eigenvalue weighted by molar-refractivity contribution is -0.119. The van der Waals surface area contributed by atoms with Gasteiger partial charge in [0.25, 0.3) is 0 Å². The Hall–Kier alpha value is -1.15. The summed E-state index contributed by atoms with van der Waals surface area (Å²) in [6.45, 7) is 3.91. The van der Waals surface area contributed by atoms with Gasteiger partial charge in [-0.2, -0.15) is 0 Å². The monoisotopic (exact) mass is 219 g/mol. The quantitative estimate of drug-likeness (QED) is 0.799. The molecule has 2 nitrogen and oxygen atoms in total. The first-order valence-electron chi connectivity index (χ1n) is 5.82. The van der Waals surface area contributed by atoms with Gasteiger partial charge in [-0.05, 0) is 32.3 Å². The van der Waals surface area contributed by atoms with Gasteiger partial charge in [0.1, 0.15) is 5.78 Å². The van der Waals surface area contributed by atoms with Crippen LogP contribution in [0.25, 0.3) is 0 Å². The van der Waals surface area contributed by atoms with Crippen LogP contribution in [0.2, 0.25) is 0 Å². The number of hydrogen-bond acceptors (Lipinski definition) is 2. The largest absolute Gasteiger partial charge is 0.326 e. The predicted molar refractivity (Wildman–Crippen MR) is 67.3 cm³/mol. The maximum absolute atomic E-state index is 11.6. The first kappa shape index (κ1) is 12.9. The van der Waals surface area contributed by atoms with Crippen molar-refractivity contribution in [3.63, 3.8) is 0 Å². The van der Waals surface area contributed by atoms with Gasteiger partial charge < -0.3 is 5.73 Å². The molecule has 1 aromatic carbocycles. The summed E-state index contributed by atoms with van der Waals surface area (Å²) in [7, 11) is 0. The number of aryl methyl sites for hydroxylation is 1. The molecule has 2 heteroatoms. The van der Waals surface area contributed by atoms with E-state index in [0.717, 1.165) is 12.8 Å². The van der Waals surface area contributed by atoms with Gasteiger partial charge >= 0.3 is 0 Å². The maximum Gasteiger partial charge on any atom is 0.133 e. The molecule has 0 spiro atoms. The summed E-state index contributed by atoms with van der Waals surface area (Å²) in [6.07, 6.45) is 2.82. The second-order valence-corrected chi connectivity index (χ2v) is 5.01. The number of ketones is 1. The molecule has 2 N–H and O–H groups in total. The highest BCUT2D eigenvalue weighted by Gasteiger charge is 2.12. The normalized spacial score (nSPS) is 11.4. The van der Waals surface area contributed by atoms with Crippen molar-refractivity contribution in [1.29, 1.82) is 0 Å². The van der Waals surface area contributed by atoms with Gasteiger partial charge in [0.05, 0.1) is 0 Å². The van der Waals surface area contributed by atoms with Crippen molar-refractivity contribution in [2.24, 2.45) is 5.73 Å². The highest BCUT2D eigenvalue weighted by Crippen LogP contribution is 2.10. The van der Waals surface area contributed by atoms with E-state index >= 15 is 0 Å². The minimum absolute atomic E-state index is 0.234. The third-order valence-corrected chi connectivity index (χ3v) is 2.58. The summed E-state index contributed by atoms with van der Waals surface area (Å²) in [4.78, 5) is 11.6. The lowest BCUT2D eigenvalue weighted by Gasteiger charge is -2.17. The predicted octanol–water partition coefficient (Wildman–Crippen LogP) is 2.71. The number of hydrogen-bond donors (Lipinski definition) is 1. The third kappa shape index (κ3) is 5.66. The second-order valence-electron chi connectivity index (χ2n) is 5.01. The molecule has 16 heavy (non-hydrogen) atoms. The van der Waals surface area contributed by atoms with Crippen molar-refractivity contribution in [2.75, 3.05) is 0 Å². The summed E-state index contributed by atoms with van der Waals surface area (Å²) in [5, 5.41) is 0. The lowest BCUT2D eigenvalue weighted by Crippen LogP contribution is -2.32. The SMILES string of the molecule is CC(C)(N)CCC(=O)CCc1ccccc1. The number of benzene rings is 1. The molecular formula is C14H21NO. The van der Waals surface area contributed by atoms with Gasteiger partial charge in [-0.25, -0.2) is 0 Å². The molecule has 0 aliphatic heterocycles. The summed E-state index contributed by atoms with van der Waals surface area (Å²) >= 11 is 0. The number of nitrogens with two attached hydrogens (primary N) is 1. The standard InChI is InChI=1S/C14H21NO/c1-14(2,15)11-10-13(16)9-8-12-6-4-3-5-7-12/h3-7H,8-11,15H2,1-2H3. The van der Waals surface area contributed by atoms with Crippen LogP contribution in [0.15, 0.2) is 30.3 Å². The van der Waals surface area contributed by atoms with Crippen LogP contribution in [0.1, 0.15) is 38.7 Å². The van der Waals surface area contributed by atoms with Gasteiger partial charge in [-0.15, -0.1) is 0 Å². The Morgan fingerprint density at radius 3 is 2.38 bits per heavy atom. The van der Waals surface area contributed by atoms with Crippen molar-refractivity contribution in [3.8, 4) is 0 Å². The van der Waals surface area contributed by atoms with Gasteiger partial charge in [-0.1, -0.05) is 30.3 Å². The second kappa shape index (κ2) is 5.80. The van der Waals surface area contributed by atoms with E-state index in [-0.39, 0.29) is 5.54 Å². The van der Waals surface area contributed by atoms with Crippen LogP contribution < -0.4 is 5.73 Å². The highest BCUT2D eigenvalue weighted by molar-refractivity contribution is 5.78. The lowest BCUT2D eigenvalue weighted by atomic mass is 9.96. The van der Waals surface area contributed by atoms with Crippen LogP contribution in [0.3, 0.4) is 0 Å². The molecule has 0 aliphatic carbocycles. The van der Waals surface area contributed by atoms with E-state index in [2.05, 4.69) is 12.1 Å². The zero-order valence-electron chi connectivity index (χ0n) is 10.2. The maximum atomic E-state index is 11.6. The molecular weight excluding hydrogens is 198 g/mol. The third-order valence-electron chi connectivity index (χ3n) is 2.58. The molecule has 0 amide bonds. The van der Waals surface area contributed by atoms with Crippen molar-refractivity contribution < 1.29 is 4.79 Å². The molecule has 0 bridgehead atoms. The van der Waals surface area contributed by atoms with Crippen molar-refractivity contribution in [2.45, 2.75) is 45.1 Å². The van der Waals surface area contributed by atoms with Gasteiger partial charge in [0.15, 0.2) is 0 Å². The fourth-order valence-corrected chi connectivity index (χ4v) is 1.52. The summed E-state index contributed by atoms with van der Waals surface area (Å²) < 4.78 is 0. The number of carbonyl (C=O) groups is 1. The topological polar surface area (TPSA) is 43.1 Å². The summed E-state index contributed by atoms with van der Waals surface area (Å²) in [5.74, 6) is 0.308. The van der Waals surface area contributed by atoms with E-state index in [1.165, 1.54) is 5.56 Å². The first-order chi connectivity index (χ1) is 7.47. The van der Waals surface area contributed by atoms with Crippen LogP contribution >= 0.6 is 0 Å². The molecule has 0 aliphatic rings. The van der Waals surface area contributed by atoms with Crippen molar-refractivity contribution >= 4 is 5.78 Å². The Labute approximate surface area is 97.9 Å². The van der Waals surface area contributed by atoms with Crippen molar-refractivity contribution in [1.82, 2.24) is 0 Å². The van der Waals surface area contributed by atoms with Crippen LogP contribution in [0.4, 0.5) is 0 Å². The summed E-state index contributed by atoms with van der Waals surface area (Å²) in [5.41, 5.74) is 6.83. The molecule has 88 valence electrons. The Kier molecular flexibility index (Phi) is 4.69. The Morgan fingerprint density at radius 2 is 1.81 bits per heavy atom. The number of rotatable bonds is 6. The molecule has 1 aromatic rings. The Morgan fingerprint density at radius 1 is 1.19 bits per heavy atom. The van der Waals surface area contributed by atoms with Crippen LogP contribution in [0.5, 0.6) is 0 Å². The Bertz CT molecular complexity index is 324. The highest BCUT2D eigenvalue weighted by atomic mass is 16.1. The van der Waals surface area contributed by atoms with Gasteiger partial charge in [0.2, 0.25) is 0 Å². The molecule has 0 saturated carbocycles. The van der Waals surface area contributed by atoms with Gasteiger partial charge in [0, 0.05) is 18.4 Å². The molecule has 0 saturated heterocycles. The molecule has 0 atom stereocenters. The average molecular weight is 219 g/mol. The smallest absolute Gasteiger partial charge is 0.133 e. The van der Waals surface area contributed by atoms with Crippen LogP contribution in [-0.2, 0) is 11.2 Å². The van der Waals surface area contributed by atoms with E-state index < -0.39 is 0 Å². The van der Waals surface area contributed by atoms with Gasteiger partial charge in [-0.3, -0.25) is 4.79 Å². The molecule has 0 fully saturated rings.